The van der Waals surface area contributed by atoms with Gasteiger partial charge in [0, 0.05) is 23.3 Å². The van der Waals surface area contributed by atoms with Gasteiger partial charge in [-0.25, -0.2) is 0 Å². The first-order valence-corrected chi connectivity index (χ1v) is 6.97. The van der Waals surface area contributed by atoms with Crippen LogP contribution in [0.15, 0.2) is 18.2 Å². The number of halogens is 1. The standard InChI is InChI=1S/C14H21ClN2O/c15-12-5-6-14(16)11(8-12)9-17-7-3-1-2-4-13(17)10-18/h5-6,8,13,18H,1-4,7,9-10,16H2. The van der Waals surface area contributed by atoms with Crippen LogP contribution in [-0.4, -0.2) is 29.2 Å². The van der Waals surface area contributed by atoms with Gasteiger partial charge in [0.1, 0.15) is 0 Å². The van der Waals surface area contributed by atoms with Gasteiger partial charge in [0.05, 0.1) is 6.61 Å². The van der Waals surface area contributed by atoms with E-state index in [1.165, 1.54) is 19.3 Å². The number of hydrogen-bond acceptors (Lipinski definition) is 3. The van der Waals surface area contributed by atoms with Gasteiger partial charge in [-0.1, -0.05) is 24.4 Å². The van der Waals surface area contributed by atoms with E-state index in [4.69, 9.17) is 17.3 Å². The summed E-state index contributed by atoms with van der Waals surface area (Å²) in [6, 6.07) is 5.84. The monoisotopic (exact) mass is 268 g/mol. The van der Waals surface area contributed by atoms with Crippen LogP contribution in [0.1, 0.15) is 31.2 Å². The smallest absolute Gasteiger partial charge is 0.0586 e. The second kappa shape index (κ2) is 6.41. The average molecular weight is 269 g/mol. The predicted octanol–water partition coefficient (Wildman–Crippen LogP) is 2.66. The third kappa shape index (κ3) is 3.37. The number of nitrogens with two attached hydrogens (primary N) is 1. The van der Waals surface area contributed by atoms with Gasteiger partial charge in [0.25, 0.3) is 0 Å². The van der Waals surface area contributed by atoms with Crippen LogP contribution in [0.2, 0.25) is 5.02 Å². The summed E-state index contributed by atoms with van der Waals surface area (Å²) in [4.78, 5) is 2.33. The molecule has 3 nitrogen and oxygen atoms in total. The van der Waals surface area contributed by atoms with Gasteiger partial charge in [-0.15, -0.1) is 0 Å². The highest BCUT2D eigenvalue weighted by Crippen LogP contribution is 2.23. The molecule has 0 bridgehead atoms. The molecule has 0 spiro atoms. The van der Waals surface area contributed by atoms with Crippen LogP contribution in [0.5, 0.6) is 0 Å². The van der Waals surface area contributed by atoms with Crippen molar-refractivity contribution in [3.63, 3.8) is 0 Å². The first-order chi connectivity index (χ1) is 8.70. The van der Waals surface area contributed by atoms with E-state index >= 15 is 0 Å². The van der Waals surface area contributed by atoms with E-state index in [0.717, 1.165) is 35.8 Å². The van der Waals surface area contributed by atoms with Crippen LogP contribution < -0.4 is 5.73 Å². The Morgan fingerprint density at radius 1 is 1.33 bits per heavy atom. The van der Waals surface area contributed by atoms with Crippen molar-refractivity contribution < 1.29 is 5.11 Å². The first kappa shape index (κ1) is 13.7. The summed E-state index contributed by atoms with van der Waals surface area (Å²) in [6.45, 7) is 2.02. The van der Waals surface area contributed by atoms with Gasteiger partial charge in [0.15, 0.2) is 0 Å². The van der Waals surface area contributed by atoms with E-state index in [1.54, 1.807) is 0 Å². The van der Waals surface area contributed by atoms with E-state index in [1.807, 2.05) is 18.2 Å². The number of anilines is 1. The molecule has 0 aromatic heterocycles. The number of nitrogens with zero attached hydrogens (tertiary/aromatic N) is 1. The maximum absolute atomic E-state index is 9.49. The van der Waals surface area contributed by atoms with Crippen LogP contribution in [0.4, 0.5) is 5.69 Å². The van der Waals surface area contributed by atoms with Crippen molar-refractivity contribution in [1.29, 1.82) is 0 Å². The molecule has 3 N–H and O–H groups in total. The van der Waals surface area contributed by atoms with Crippen molar-refractivity contribution in [1.82, 2.24) is 4.90 Å². The predicted molar refractivity (Wildman–Crippen MR) is 75.6 cm³/mol. The molecule has 1 fully saturated rings. The highest BCUT2D eigenvalue weighted by molar-refractivity contribution is 6.30. The summed E-state index contributed by atoms with van der Waals surface area (Å²) in [6.07, 6.45) is 4.71. The van der Waals surface area contributed by atoms with Crippen LogP contribution >= 0.6 is 11.6 Å². The summed E-state index contributed by atoms with van der Waals surface area (Å²) >= 11 is 6.01. The molecule has 0 saturated carbocycles. The largest absolute Gasteiger partial charge is 0.398 e. The summed E-state index contributed by atoms with van der Waals surface area (Å²) in [5.74, 6) is 0. The van der Waals surface area contributed by atoms with Gasteiger partial charge in [0.2, 0.25) is 0 Å². The minimum atomic E-state index is 0.223. The molecule has 18 heavy (non-hydrogen) atoms. The molecular weight excluding hydrogens is 248 g/mol. The Morgan fingerprint density at radius 2 is 2.17 bits per heavy atom. The van der Waals surface area contributed by atoms with Crippen molar-refractivity contribution in [3.8, 4) is 0 Å². The van der Waals surface area contributed by atoms with Crippen molar-refractivity contribution in [3.05, 3.63) is 28.8 Å². The fourth-order valence-corrected chi connectivity index (χ4v) is 2.78. The Morgan fingerprint density at radius 3 is 2.94 bits per heavy atom. The number of nitrogen functional groups attached to an aromatic ring is 1. The number of rotatable bonds is 3. The molecular formula is C14H21ClN2O. The second-order valence-electron chi connectivity index (χ2n) is 5.00. The summed E-state index contributed by atoms with van der Waals surface area (Å²) in [7, 11) is 0. The Balaban J connectivity index is 2.12. The zero-order chi connectivity index (χ0) is 13.0. The molecule has 0 aliphatic carbocycles. The first-order valence-electron chi connectivity index (χ1n) is 6.59. The Hall–Kier alpha value is -0.770. The summed E-state index contributed by atoms with van der Waals surface area (Å²) in [5.41, 5.74) is 7.82. The second-order valence-corrected chi connectivity index (χ2v) is 5.44. The van der Waals surface area contributed by atoms with Gasteiger partial charge in [-0.2, -0.15) is 0 Å². The average Bonchev–Trinajstić information content (AvgIpc) is 2.59. The van der Waals surface area contributed by atoms with Crippen molar-refractivity contribution in [2.75, 3.05) is 18.9 Å². The number of aliphatic hydroxyl groups is 1. The molecule has 1 unspecified atom stereocenters. The summed E-state index contributed by atoms with van der Waals surface area (Å²) < 4.78 is 0. The third-order valence-electron chi connectivity index (χ3n) is 3.69. The molecule has 1 aromatic rings. The fraction of sp³-hybridized carbons (Fsp3) is 0.571. The molecule has 100 valence electrons. The van der Waals surface area contributed by atoms with E-state index in [9.17, 15) is 5.11 Å². The Labute approximate surface area is 114 Å². The van der Waals surface area contributed by atoms with Crippen LogP contribution in [-0.2, 0) is 6.54 Å². The number of hydrogen-bond donors (Lipinski definition) is 2. The van der Waals surface area contributed by atoms with Crippen molar-refractivity contribution in [2.24, 2.45) is 0 Å². The lowest BCUT2D eigenvalue weighted by Crippen LogP contribution is -2.37. The highest BCUT2D eigenvalue weighted by Gasteiger charge is 2.20. The molecule has 1 aliphatic rings. The van der Waals surface area contributed by atoms with E-state index in [0.29, 0.717) is 0 Å². The third-order valence-corrected chi connectivity index (χ3v) is 3.92. The molecule has 1 heterocycles. The van der Waals surface area contributed by atoms with Crippen LogP contribution in [0.3, 0.4) is 0 Å². The Kier molecular flexibility index (Phi) is 4.87. The number of aliphatic hydroxyl groups excluding tert-OH is 1. The summed E-state index contributed by atoms with van der Waals surface area (Å²) in [5, 5.41) is 10.2. The molecule has 4 heteroatoms. The molecule has 1 aromatic carbocycles. The molecule has 1 atom stereocenters. The zero-order valence-electron chi connectivity index (χ0n) is 10.6. The maximum Gasteiger partial charge on any atom is 0.0586 e. The Bertz CT molecular complexity index is 397. The van der Waals surface area contributed by atoms with E-state index in [-0.39, 0.29) is 12.6 Å². The van der Waals surface area contributed by atoms with Gasteiger partial charge in [-0.05, 0) is 43.1 Å². The molecule has 2 rings (SSSR count). The minimum Gasteiger partial charge on any atom is -0.398 e. The quantitative estimate of drug-likeness (QED) is 0.829. The van der Waals surface area contributed by atoms with E-state index in [2.05, 4.69) is 4.90 Å². The topological polar surface area (TPSA) is 49.5 Å². The lowest BCUT2D eigenvalue weighted by atomic mass is 10.1. The molecule has 0 amide bonds. The van der Waals surface area contributed by atoms with Crippen LogP contribution in [0.25, 0.3) is 0 Å². The molecule has 0 radical (unpaired) electrons. The fourth-order valence-electron chi connectivity index (χ4n) is 2.58. The van der Waals surface area contributed by atoms with Crippen molar-refractivity contribution in [2.45, 2.75) is 38.3 Å². The van der Waals surface area contributed by atoms with E-state index < -0.39 is 0 Å². The molecule has 1 aliphatic heterocycles. The maximum atomic E-state index is 9.49. The number of benzene rings is 1. The number of likely N-dealkylation sites (tertiary alicyclic amines) is 1. The van der Waals surface area contributed by atoms with Crippen molar-refractivity contribution >= 4 is 17.3 Å². The zero-order valence-corrected chi connectivity index (χ0v) is 11.4. The van der Waals surface area contributed by atoms with Gasteiger partial charge < -0.3 is 10.8 Å². The van der Waals surface area contributed by atoms with Gasteiger partial charge in [-0.3, -0.25) is 4.90 Å². The lowest BCUT2D eigenvalue weighted by molar-refractivity contribution is 0.118. The molecule has 1 saturated heterocycles. The highest BCUT2D eigenvalue weighted by atomic mass is 35.5. The lowest BCUT2D eigenvalue weighted by Gasteiger charge is -2.28. The van der Waals surface area contributed by atoms with Crippen LogP contribution in [0, 0.1) is 0 Å². The minimum absolute atomic E-state index is 0.223. The van der Waals surface area contributed by atoms with Gasteiger partial charge >= 0.3 is 0 Å². The SMILES string of the molecule is Nc1ccc(Cl)cc1CN1CCCCCC1CO. The normalized spacial score (nSPS) is 21.8.